The summed E-state index contributed by atoms with van der Waals surface area (Å²) in [7, 11) is 4.59. The minimum absolute atomic E-state index is 0.795. The Balaban J connectivity index is 2.21. The van der Waals surface area contributed by atoms with Crippen LogP contribution in [0.2, 0.25) is 0 Å². The Hall–Kier alpha value is -1.02. The molecule has 0 saturated carbocycles. The maximum Gasteiger partial charge on any atom is 0.137 e. The fraction of sp³-hybridized carbons (Fsp3) is 0.647. The average Bonchev–Trinajstić information content (AvgIpc) is 2.37. The van der Waals surface area contributed by atoms with Crippen LogP contribution >= 0.6 is 0 Å². The Labute approximate surface area is 119 Å². The Morgan fingerprint density at radius 1 is 0.947 bits per heavy atom. The largest absolute Gasteiger partial charge is 0.488 e. The number of benzene rings is 1. The van der Waals surface area contributed by atoms with Crippen LogP contribution in [0, 0.1) is 6.92 Å². The van der Waals surface area contributed by atoms with E-state index in [0.29, 0.717) is 0 Å². The zero-order valence-electron chi connectivity index (χ0n) is 13.1. The van der Waals surface area contributed by atoms with Gasteiger partial charge in [0.05, 0.1) is 20.6 Å². The normalized spacial score (nSPS) is 11.6. The summed E-state index contributed by atoms with van der Waals surface area (Å²) in [4.78, 5) is 0. The number of unbranched alkanes of at least 4 members (excludes halogenated alkanes) is 3. The molecule has 0 atom stereocenters. The van der Waals surface area contributed by atoms with Crippen LogP contribution in [0.4, 0.5) is 0 Å². The Bertz CT molecular complexity index is 343. The Morgan fingerprint density at radius 3 is 2.26 bits per heavy atom. The smallest absolute Gasteiger partial charge is 0.137 e. The minimum atomic E-state index is 0.795. The van der Waals surface area contributed by atoms with Gasteiger partial charge in [0.1, 0.15) is 18.9 Å². The molecule has 0 radical (unpaired) electrons. The molecule has 0 N–H and O–H groups in total. The van der Waals surface area contributed by atoms with E-state index < -0.39 is 0 Å². The number of likely N-dealkylation sites (N-methyl/N-ethyl adjacent to an activating group) is 1. The van der Waals surface area contributed by atoms with Crippen molar-refractivity contribution in [3.8, 4) is 5.75 Å². The van der Waals surface area contributed by atoms with Crippen LogP contribution in [-0.4, -0.2) is 38.3 Å². The molecule has 0 fully saturated rings. The molecule has 0 aliphatic rings. The third-order valence-electron chi connectivity index (χ3n) is 3.60. The average molecular weight is 264 g/mol. The zero-order chi connectivity index (χ0) is 14.1. The number of hydrogen-bond donors (Lipinski definition) is 0. The molecule has 0 saturated heterocycles. The van der Waals surface area contributed by atoms with Crippen molar-refractivity contribution in [2.45, 2.75) is 39.5 Å². The predicted molar refractivity (Wildman–Crippen MR) is 82.7 cm³/mol. The molecule has 1 rings (SSSR count). The molecule has 0 unspecified atom stereocenters. The van der Waals surface area contributed by atoms with Crippen LogP contribution in [0.3, 0.4) is 0 Å². The summed E-state index contributed by atoms with van der Waals surface area (Å²) in [5.74, 6) is 0.983. The van der Waals surface area contributed by atoms with Gasteiger partial charge in [-0.1, -0.05) is 37.5 Å². The maximum absolute atomic E-state index is 5.81. The van der Waals surface area contributed by atoms with Gasteiger partial charge < -0.3 is 9.22 Å². The highest BCUT2D eigenvalue weighted by Gasteiger charge is 2.14. The van der Waals surface area contributed by atoms with Gasteiger partial charge in [0.25, 0.3) is 0 Å². The van der Waals surface area contributed by atoms with Crippen LogP contribution in [0.1, 0.15) is 38.2 Å². The molecule has 0 aliphatic heterocycles. The molecule has 1 aromatic rings. The van der Waals surface area contributed by atoms with Crippen LogP contribution < -0.4 is 4.74 Å². The van der Waals surface area contributed by atoms with Gasteiger partial charge in [-0.05, 0) is 31.9 Å². The molecule has 2 nitrogen and oxygen atoms in total. The van der Waals surface area contributed by atoms with Crippen molar-refractivity contribution < 1.29 is 9.22 Å². The maximum atomic E-state index is 5.81. The molecule has 0 spiro atoms. The number of ether oxygens (including phenoxy) is 1. The first-order valence-electron chi connectivity index (χ1n) is 7.55. The van der Waals surface area contributed by atoms with Crippen LogP contribution in [0.5, 0.6) is 5.75 Å². The van der Waals surface area contributed by atoms with Crippen molar-refractivity contribution >= 4 is 0 Å². The standard InChI is InChI=1S/C17H30NO/c1-5-6-7-8-13-18(3,4)14-15-19-17-11-9-16(2)10-12-17/h9-12H,5-8,13-15H2,1-4H3/q+1. The molecular weight excluding hydrogens is 234 g/mol. The van der Waals surface area contributed by atoms with Gasteiger partial charge >= 0.3 is 0 Å². The number of nitrogens with zero attached hydrogens (tertiary/aromatic N) is 1. The molecule has 108 valence electrons. The van der Waals surface area contributed by atoms with Crippen molar-refractivity contribution in [3.63, 3.8) is 0 Å². The summed E-state index contributed by atoms with van der Waals surface area (Å²) in [6, 6.07) is 8.30. The van der Waals surface area contributed by atoms with Gasteiger partial charge in [-0.2, -0.15) is 0 Å². The van der Waals surface area contributed by atoms with Crippen LogP contribution in [0.25, 0.3) is 0 Å². The van der Waals surface area contributed by atoms with E-state index in [1.165, 1.54) is 37.8 Å². The lowest BCUT2D eigenvalue weighted by atomic mass is 10.2. The van der Waals surface area contributed by atoms with Crippen LogP contribution in [-0.2, 0) is 0 Å². The molecule has 1 aromatic carbocycles. The lowest BCUT2D eigenvalue weighted by Gasteiger charge is -2.29. The van der Waals surface area contributed by atoms with Gasteiger partial charge in [-0.3, -0.25) is 0 Å². The molecule has 0 aliphatic carbocycles. The second kappa shape index (κ2) is 8.21. The van der Waals surface area contributed by atoms with E-state index >= 15 is 0 Å². The predicted octanol–water partition coefficient (Wildman–Crippen LogP) is 4.03. The molecule has 2 heteroatoms. The van der Waals surface area contributed by atoms with E-state index in [-0.39, 0.29) is 0 Å². The van der Waals surface area contributed by atoms with E-state index in [1.807, 2.05) is 0 Å². The molecular formula is C17H30NO+. The first-order chi connectivity index (χ1) is 9.03. The third-order valence-corrected chi connectivity index (χ3v) is 3.60. The zero-order valence-corrected chi connectivity index (χ0v) is 13.1. The first kappa shape index (κ1) is 16.0. The lowest BCUT2D eigenvalue weighted by molar-refractivity contribution is -0.890. The quantitative estimate of drug-likeness (QED) is 0.483. The molecule has 0 amide bonds. The van der Waals surface area contributed by atoms with Crippen LogP contribution in [0.15, 0.2) is 24.3 Å². The van der Waals surface area contributed by atoms with E-state index in [1.54, 1.807) is 0 Å². The van der Waals surface area contributed by atoms with Crippen molar-refractivity contribution in [1.82, 2.24) is 0 Å². The number of rotatable bonds is 9. The monoisotopic (exact) mass is 264 g/mol. The highest BCUT2D eigenvalue weighted by molar-refractivity contribution is 5.26. The molecule has 0 bridgehead atoms. The number of hydrogen-bond acceptors (Lipinski definition) is 1. The number of quaternary nitrogens is 1. The van der Waals surface area contributed by atoms with Crippen molar-refractivity contribution in [2.24, 2.45) is 0 Å². The summed E-state index contributed by atoms with van der Waals surface area (Å²) in [6.07, 6.45) is 5.35. The molecule has 0 aromatic heterocycles. The fourth-order valence-electron chi connectivity index (χ4n) is 2.12. The minimum Gasteiger partial charge on any atom is -0.488 e. The van der Waals surface area contributed by atoms with E-state index in [0.717, 1.165) is 23.4 Å². The summed E-state index contributed by atoms with van der Waals surface area (Å²) in [5, 5.41) is 0. The van der Waals surface area contributed by atoms with Crippen molar-refractivity contribution in [1.29, 1.82) is 0 Å². The number of aryl methyl sites for hydroxylation is 1. The lowest BCUT2D eigenvalue weighted by Crippen LogP contribution is -2.43. The van der Waals surface area contributed by atoms with Gasteiger partial charge in [0.15, 0.2) is 0 Å². The highest BCUT2D eigenvalue weighted by atomic mass is 16.5. The molecule has 0 heterocycles. The third kappa shape index (κ3) is 7.22. The topological polar surface area (TPSA) is 9.23 Å². The fourth-order valence-corrected chi connectivity index (χ4v) is 2.12. The van der Waals surface area contributed by atoms with E-state index in [2.05, 4.69) is 52.2 Å². The Kier molecular flexibility index (Phi) is 6.93. The van der Waals surface area contributed by atoms with Crippen molar-refractivity contribution in [2.75, 3.05) is 33.8 Å². The van der Waals surface area contributed by atoms with Gasteiger partial charge in [-0.15, -0.1) is 0 Å². The summed E-state index contributed by atoms with van der Waals surface area (Å²) in [6.45, 7) is 7.47. The SMILES string of the molecule is CCCCCC[N+](C)(C)CCOc1ccc(C)cc1. The van der Waals surface area contributed by atoms with Gasteiger partial charge in [0, 0.05) is 0 Å². The summed E-state index contributed by atoms with van der Waals surface area (Å²) in [5.41, 5.74) is 1.28. The Morgan fingerprint density at radius 2 is 1.63 bits per heavy atom. The first-order valence-corrected chi connectivity index (χ1v) is 7.55. The second-order valence-electron chi connectivity index (χ2n) is 6.11. The summed E-state index contributed by atoms with van der Waals surface area (Å²) < 4.78 is 6.86. The summed E-state index contributed by atoms with van der Waals surface area (Å²) >= 11 is 0. The van der Waals surface area contributed by atoms with Gasteiger partial charge in [0.2, 0.25) is 0 Å². The van der Waals surface area contributed by atoms with Gasteiger partial charge in [-0.25, -0.2) is 0 Å². The highest BCUT2D eigenvalue weighted by Crippen LogP contribution is 2.12. The van der Waals surface area contributed by atoms with E-state index in [4.69, 9.17) is 4.74 Å². The van der Waals surface area contributed by atoms with Crippen molar-refractivity contribution in [3.05, 3.63) is 29.8 Å². The second-order valence-corrected chi connectivity index (χ2v) is 6.11. The molecule has 19 heavy (non-hydrogen) atoms. The van der Waals surface area contributed by atoms with E-state index in [9.17, 15) is 0 Å².